The molecular weight excluding hydrogens is 164 g/mol. The Balaban J connectivity index is 3.40. The lowest BCUT2D eigenvalue weighted by molar-refractivity contribution is 0.0983. The number of methoxy groups -OCH3 is 1. The summed E-state index contributed by atoms with van der Waals surface area (Å²) in [6, 6.07) is -0.732. The molecule has 2 nitrogen and oxygen atoms in total. The Morgan fingerprint density at radius 1 is 1.33 bits per heavy atom. The van der Waals surface area contributed by atoms with Gasteiger partial charge in [-0.15, -0.1) is 0 Å². The molecule has 0 bridgehead atoms. The molecule has 4 heteroatoms. The fraction of sp³-hybridized carbons (Fsp3) is 1.00. The number of hydrogen-bond acceptors (Lipinski definition) is 2. The first-order chi connectivity index (χ1) is 5.57. The number of rotatable bonds is 6. The second kappa shape index (κ2) is 6.31. The van der Waals surface area contributed by atoms with Gasteiger partial charge in [0, 0.05) is 20.3 Å². The van der Waals surface area contributed by atoms with Crippen LogP contribution in [0.3, 0.4) is 0 Å². The predicted octanol–water partition coefficient (Wildman–Crippen LogP) is 1.51. The van der Waals surface area contributed by atoms with Crippen molar-refractivity contribution >= 4 is 0 Å². The largest absolute Gasteiger partial charge is 0.384 e. The van der Waals surface area contributed by atoms with Gasteiger partial charge in [0.25, 0.3) is 6.43 Å². The fourth-order valence-corrected chi connectivity index (χ4v) is 0.820. The fourth-order valence-electron chi connectivity index (χ4n) is 0.820. The van der Waals surface area contributed by atoms with E-state index in [2.05, 4.69) is 5.32 Å². The van der Waals surface area contributed by atoms with Crippen molar-refractivity contribution in [3.63, 3.8) is 0 Å². The zero-order valence-corrected chi connectivity index (χ0v) is 7.81. The molecule has 0 saturated carbocycles. The molecule has 0 fully saturated rings. The van der Waals surface area contributed by atoms with Crippen LogP contribution in [0.1, 0.15) is 13.8 Å². The van der Waals surface area contributed by atoms with E-state index in [1.54, 1.807) is 7.11 Å². The average molecular weight is 181 g/mol. The van der Waals surface area contributed by atoms with Crippen LogP contribution in [-0.2, 0) is 4.74 Å². The number of ether oxygens (including phenoxy) is 1. The lowest BCUT2D eigenvalue weighted by atomic mass is 10.2. The second-order valence-electron chi connectivity index (χ2n) is 3.09. The van der Waals surface area contributed by atoms with Crippen LogP contribution < -0.4 is 5.32 Å². The number of alkyl halides is 2. The molecule has 0 aromatic rings. The van der Waals surface area contributed by atoms with E-state index < -0.39 is 12.5 Å². The monoisotopic (exact) mass is 181 g/mol. The SMILES string of the molecule is COCC(C)CNC(C)C(F)F. The van der Waals surface area contributed by atoms with Gasteiger partial charge >= 0.3 is 0 Å². The summed E-state index contributed by atoms with van der Waals surface area (Å²) in [6.45, 7) is 4.60. The van der Waals surface area contributed by atoms with E-state index in [4.69, 9.17) is 4.74 Å². The van der Waals surface area contributed by atoms with Crippen LogP contribution in [0.15, 0.2) is 0 Å². The van der Waals surface area contributed by atoms with Crippen LogP contribution in [0, 0.1) is 5.92 Å². The Labute approximate surface area is 72.3 Å². The minimum Gasteiger partial charge on any atom is -0.384 e. The van der Waals surface area contributed by atoms with Crippen molar-refractivity contribution in [2.45, 2.75) is 26.3 Å². The maximum absolute atomic E-state index is 12.0. The molecule has 0 rings (SSSR count). The van der Waals surface area contributed by atoms with Crippen molar-refractivity contribution in [2.24, 2.45) is 5.92 Å². The van der Waals surface area contributed by atoms with E-state index in [1.807, 2.05) is 6.92 Å². The maximum Gasteiger partial charge on any atom is 0.253 e. The summed E-state index contributed by atoms with van der Waals surface area (Å²) in [7, 11) is 1.60. The molecular formula is C8H17F2NO. The van der Waals surface area contributed by atoms with Crippen LogP contribution >= 0.6 is 0 Å². The number of hydrogen-bond donors (Lipinski definition) is 1. The zero-order valence-electron chi connectivity index (χ0n) is 7.81. The maximum atomic E-state index is 12.0. The quantitative estimate of drug-likeness (QED) is 0.670. The summed E-state index contributed by atoms with van der Waals surface area (Å²) in [5.41, 5.74) is 0. The first-order valence-electron chi connectivity index (χ1n) is 4.08. The van der Waals surface area contributed by atoms with Crippen LogP contribution in [0.5, 0.6) is 0 Å². The molecule has 0 aromatic heterocycles. The molecule has 0 saturated heterocycles. The Bertz CT molecular complexity index is 111. The van der Waals surface area contributed by atoms with Crippen LogP contribution in [0.25, 0.3) is 0 Å². The molecule has 74 valence electrons. The first kappa shape index (κ1) is 11.8. The van der Waals surface area contributed by atoms with Gasteiger partial charge in [0.15, 0.2) is 0 Å². The van der Waals surface area contributed by atoms with Crippen LogP contribution in [-0.4, -0.2) is 32.7 Å². The molecule has 0 aliphatic heterocycles. The summed E-state index contributed by atoms with van der Waals surface area (Å²) in [6.07, 6.45) is -2.29. The molecule has 0 amide bonds. The molecule has 0 heterocycles. The molecule has 0 aliphatic carbocycles. The van der Waals surface area contributed by atoms with E-state index >= 15 is 0 Å². The number of halogens is 2. The predicted molar refractivity (Wildman–Crippen MR) is 44.5 cm³/mol. The molecule has 2 atom stereocenters. The van der Waals surface area contributed by atoms with Crippen molar-refractivity contribution in [1.82, 2.24) is 5.32 Å². The third kappa shape index (κ3) is 5.43. The highest BCUT2D eigenvalue weighted by Crippen LogP contribution is 2.00. The van der Waals surface area contributed by atoms with E-state index in [-0.39, 0.29) is 5.92 Å². The third-order valence-corrected chi connectivity index (χ3v) is 1.62. The lowest BCUT2D eigenvalue weighted by Gasteiger charge is -2.16. The van der Waals surface area contributed by atoms with Crippen molar-refractivity contribution in [1.29, 1.82) is 0 Å². The summed E-state index contributed by atoms with van der Waals surface area (Å²) in [5.74, 6) is 0.274. The smallest absolute Gasteiger partial charge is 0.253 e. The van der Waals surface area contributed by atoms with Crippen molar-refractivity contribution in [2.75, 3.05) is 20.3 Å². The van der Waals surface area contributed by atoms with Crippen molar-refractivity contribution in [3.05, 3.63) is 0 Å². The number of nitrogens with one attached hydrogen (secondary N) is 1. The van der Waals surface area contributed by atoms with Gasteiger partial charge in [0.05, 0.1) is 6.04 Å². The van der Waals surface area contributed by atoms with Crippen LogP contribution in [0.4, 0.5) is 8.78 Å². The van der Waals surface area contributed by atoms with Gasteiger partial charge in [-0.05, 0) is 12.8 Å². The summed E-state index contributed by atoms with van der Waals surface area (Å²) >= 11 is 0. The third-order valence-electron chi connectivity index (χ3n) is 1.62. The zero-order chi connectivity index (χ0) is 9.56. The average Bonchev–Trinajstić information content (AvgIpc) is 2.00. The van der Waals surface area contributed by atoms with Gasteiger partial charge in [0.2, 0.25) is 0 Å². The highest BCUT2D eigenvalue weighted by molar-refractivity contribution is 4.65. The van der Waals surface area contributed by atoms with Gasteiger partial charge in [-0.3, -0.25) is 0 Å². The Morgan fingerprint density at radius 2 is 1.92 bits per heavy atom. The Morgan fingerprint density at radius 3 is 2.33 bits per heavy atom. The minimum atomic E-state index is -2.29. The molecule has 12 heavy (non-hydrogen) atoms. The summed E-state index contributed by atoms with van der Waals surface area (Å²) < 4.78 is 28.8. The van der Waals surface area contributed by atoms with Gasteiger partial charge < -0.3 is 10.1 Å². The minimum absolute atomic E-state index is 0.274. The van der Waals surface area contributed by atoms with E-state index in [0.29, 0.717) is 13.2 Å². The van der Waals surface area contributed by atoms with Gasteiger partial charge in [0.1, 0.15) is 0 Å². The lowest BCUT2D eigenvalue weighted by Crippen LogP contribution is -2.36. The highest BCUT2D eigenvalue weighted by atomic mass is 19.3. The van der Waals surface area contributed by atoms with Crippen molar-refractivity contribution in [3.8, 4) is 0 Å². The Hall–Kier alpha value is -0.220. The van der Waals surface area contributed by atoms with E-state index in [1.165, 1.54) is 6.92 Å². The van der Waals surface area contributed by atoms with Gasteiger partial charge in [-0.25, -0.2) is 8.78 Å². The first-order valence-corrected chi connectivity index (χ1v) is 4.08. The summed E-state index contributed by atoms with van der Waals surface area (Å²) in [4.78, 5) is 0. The van der Waals surface area contributed by atoms with E-state index in [0.717, 1.165) is 0 Å². The standard InChI is InChI=1S/C8H17F2NO/c1-6(5-12-3)4-11-7(2)8(9)10/h6-8,11H,4-5H2,1-3H3. The van der Waals surface area contributed by atoms with Gasteiger partial charge in [-0.2, -0.15) is 0 Å². The molecule has 2 unspecified atom stereocenters. The van der Waals surface area contributed by atoms with Gasteiger partial charge in [-0.1, -0.05) is 6.92 Å². The molecule has 0 aromatic carbocycles. The highest BCUT2D eigenvalue weighted by Gasteiger charge is 2.14. The summed E-state index contributed by atoms with van der Waals surface area (Å²) in [5, 5.41) is 2.74. The topological polar surface area (TPSA) is 21.3 Å². The Kier molecular flexibility index (Phi) is 6.20. The molecule has 0 spiro atoms. The molecule has 0 radical (unpaired) electrons. The van der Waals surface area contributed by atoms with E-state index in [9.17, 15) is 8.78 Å². The molecule has 0 aliphatic rings. The van der Waals surface area contributed by atoms with Crippen LogP contribution in [0.2, 0.25) is 0 Å². The van der Waals surface area contributed by atoms with Crippen molar-refractivity contribution < 1.29 is 13.5 Å². The molecule has 1 N–H and O–H groups in total. The normalized spacial score (nSPS) is 16.5. The second-order valence-corrected chi connectivity index (χ2v) is 3.09.